The van der Waals surface area contributed by atoms with E-state index in [-0.39, 0.29) is 16.5 Å². The van der Waals surface area contributed by atoms with Crippen LogP contribution in [0.15, 0.2) is 108 Å². The molecule has 5 rings (SSSR count). The molecule has 0 saturated heterocycles. The largest absolute Gasteiger partial charge is 0.489 e. The van der Waals surface area contributed by atoms with E-state index in [1.807, 2.05) is 79.7 Å². The summed E-state index contributed by atoms with van der Waals surface area (Å²) in [7, 11) is -3.99. The molecular weight excluding hydrogens is 472 g/mol. The molecule has 1 heterocycles. The lowest BCUT2D eigenvalue weighted by molar-refractivity contribution is 0.306. The topological polar surface area (TPSA) is 95.3 Å². The fourth-order valence-corrected chi connectivity index (χ4v) is 4.47. The van der Waals surface area contributed by atoms with Crippen molar-refractivity contribution in [3.63, 3.8) is 0 Å². The van der Waals surface area contributed by atoms with E-state index >= 15 is 0 Å². The van der Waals surface area contributed by atoms with Crippen LogP contribution in [0.2, 0.25) is 0 Å². The van der Waals surface area contributed by atoms with E-state index in [9.17, 15) is 8.42 Å². The van der Waals surface area contributed by atoms with Crippen LogP contribution in [0.1, 0.15) is 11.1 Å². The van der Waals surface area contributed by atoms with Crippen molar-refractivity contribution >= 4 is 38.4 Å². The van der Waals surface area contributed by atoms with Crippen molar-refractivity contribution in [3.05, 3.63) is 119 Å². The normalized spacial score (nSPS) is 11.2. The third-order valence-electron chi connectivity index (χ3n) is 5.44. The molecule has 0 aliphatic rings. The summed E-state index contributed by atoms with van der Waals surface area (Å²) >= 11 is 0. The third kappa shape index (κ3) is 5.45. The lowest BCUT2D eigenvalue weighted by atomic mass is 10.2. The lowest BCUT2D eigenvalue weighted by Gasteiger charge is -2.21. The van der Waals surface area contributed by atoms with Gasteiger partial charge >= 0.3 is 0 Å². The van der Waals surface area contributed by atoms with Crippen molar-refractivity contribution in [2.24, 2.45) is 0 Å². The van der Waals surface area contributed by atoms with Crippen molar-refractivity contribution < 1.29 is 13.2 Å². The van der Waals surface area contributed by atoms with E-state index in [4.69, 9.17) is 4.74 Å². The molecule has 1 N–H and O–H groups in total. The molecule has 0 fully saturated rings. The molecule has 0 amide bonds. The smallest absolute Gasteiger partial charge is 0.202 e. The predicted molar refractivity (Wildman–Crippen MR) is 141 cm³/mol. The van der Waals surface area contributed by atoms with Gasteiger partial charge in [0.25, 0.3) is 0 Å². The Labute approximate surface area is 209 Å². The van der Waals surface area contributed by atoms with Crippen molar-refractivity contribution in [3.8, 4) is 5.75 Å². The summed E-state index contributed by atoms with van der Waals surface area (Å²) in [5.41, 5.74) is 3.89. The van der Waals surface area contributed by atoms with Gasteiger partial charge in [-0.3, -0.25) is 0 Å². The van der Waals surface area contributed by atoms with Crippen LogP contribution in [-0.2, 0) is 16.6 Å². The number of rotatable bonds is 8. The average molecular weight is 496 g/mol. The Morgan fingerprint density at radius 2 is 1.42 bits per heavy atom. The minimum absolute atomic E-state index is 0.0151. The van der Waals surface area contributed by atoms with Gasteiger partial charge in [0, 0.05) is 5.69 Å². The van der Waals surface area contributed by atoms with E-state index in [1.54, 1.807) is 18.2 Å². The number of nitrogens with one attached hydrogen (secondary N) is 1. The van der Waals surface area contributed by atoms with E-state index in [0.717, 1.165) is 11.1 Å². The number of aromatic nitrogens is 2. The molecular formula is C28H23N4O3S-. The molecule has 0 aliphatic carbocycles. The number of nitrogens with zero attached hydrogens (tertiary/aromatic N) is 3. The Bertz CT molecular complexity index is 1590. The second-order valence-electron chi connectivity index (χ2n) is 8.19. The van der Waals surface area contributed by atoms with Crippen molar-refractivity contribution in [2.75, 3.05) is 5.32 Å². The first-order chi connectivity index (χ1) is 17.5. The molecule has 0 atom stereocenters. The van der Waals surface area contributed by atoms with Gasteiger partial charge in [-0.1, -0.05) is 66.2 Å². The summed E-state index contributed by atoms with van der Waals surface area (Å²) in [4.78, 5) is 9.17. The molecule has 0 radical (unpaired) electrons. The Hall–Kier alpha value is -4.43. The Kier molecular flexibility index (Phi) is 6.51. The van der Waals surface area contributed by atoms with Gasteiger partial charge in [0.15, 0.2) is 0 Å². The Morgan fingerprint density at radius 3 is 2.11 bits per heavy atom. The zero-order valence-corrected chi connectivity index (χ0v) is 20.3. The SMILES string of the molecule is Cc1ccc(S(=O)(=O)[N-]c2nc3ccccc3nc2Nc2ccc(OCc3ccccc3)cc2)cc1. The van der Waals surface area contributed by atoms with Crippen LogP contribution in [0.4, 0.5) is 17.3 Å². The monoisotopic (exact) mass is 495 g/mol. The van der Waals surface area contributed by atoms with Gasteiger partial charge in [-0.2, -0.15) is 0 Å². The molecule has 0 bridgehead atoms. The van der Waals surface area contributed by atoms with Crippen LogP contribution in [0.3, 0.4) is 0 Å². The van der Waals surface area contributed by atoms with Crippen LogP contribution >= 0.6 is 0 Å². The highest BCUT2D eigenvalue weighted by molar-refractivity contribution is 7.94. The summed E-state index contributed by atoms with van der Waals surface area (Å²) < 4.78 is 35.9. The minimum Gasteiger partial charge on any atom is -0.489 e. The molecule has 180 valence electrons. The van der Waals surface area contributed by atoms with Gasteiger partial charge in [-0.15, -0.1) is 0 Å². The second kappa shape index (κ2) is 10.1. The van der Waals surface area contributed by atoms with E-state index in [1.165, 1.54) is 12.1 Å². The van der Waals surface area contributed by atoms with E-state index in [2.05, 4.69) is 20.0 Å². The number of aryl methyl sites for hydroxylation is 1. The fourth-order valence-electron chi connectivity index (χ4n) is 3.53. The third-order valence-corrected chi connectivity index (χ3v) is 6.72. The summed E-state index contributed by atoms with van der Waals surface area (Å²) in [5, 5.41) is 3.16. The highest BCUT2D eigenvalue weighted by Gasteiger charge is 2.13. The van der Waals surface area contributed by atoms with E-state index < -0.39 is 10.0 Å². The Morgan fingerprint density at radius 1 is 0.778 bits per heavy atom. The molecule has 0 spiro atoms. The molecule has 0 aliphatic heterocycles. The number of benzene rings is 4. The van der Waals surface area contributed by atoms with Gasteiger partial charge < -0.3 is 19.8 Å². The first kappa shape index (κ1) is 23.3. The minimum atomic E-state index is -3.99. The van der Waals surface area contributed by atoms with Crippen LogP contribution in [-0.4, -0.2) is 18.4 Å². The standard InChI is InChI=1S/C28H23N4O3S/c1-20-11-17-24(18-12-20)36(33,34)32-28-27(30-25-9-5-6-10-26(25)31-28)29-22-13-15-23(16-14-22)35-19-21-7-3-2-4-8-21/h2-18H,19H2,1H3,(H-,29,30,31,32)/q-1. The number of anilines is 2. The molecule has 5 aromatic rings. The number of fused-ring (bicyclic) bond motifs is 1. The molecule has 0 saturated carbocycles. The molecule has 4 aromatic carbocycles. The van der Waals surface area contributed by atoms with Gasteiger partial charge in [0.2, 0.25) is 10.0 Å². The van der Waals surface area contributed by atoms with Gasteiger partial charge in [0.1, 0.15) is 18.2 Å². The zero-order chi connectivity index (χ0) is 25.0. The summed E-state index contributed by atoms with van der Waals surface area (Å²) in [5.74, 6) is 0.932. The number of hydrogen-bond acceptors (Lipinski definition) is 6. The van der Waals surface area contributed by atoms with Crippen LogP contribution < -0.4 is 10.1 Å². The average Bonchev–Trinajstić information content (AvgIpc) is 2.89. The predicted octanol–water partition coefficient (Wildman–Crippen LogP) is 6.65. The summed E-state index contributed by atoms with van der Waals surface area (Å²) in [6.07, 6.45) is 0. The maximum atomic E-state index is 13.0. The van der Waals surface area contributed by atoms with Gasteiger partial charge in [-0.25, -0.2) is 13.4 Å². The summed E-state index contributed by atoms with van der Waals surface area (Å²) in [6.45, 7) is 2.35. The second-order valence-corrected chi connectivity index (χ2v) is 9.79. The highest BCUT2D eigenvalue weighted by Crippen LogP contribution is 2.35. The van der Waals surface area contributed by atoms with Gasteiger partial charge in [-0.05, 0) is 66.3 Å². The van der Waals surface area contributed by atoms with Crippen LogP contribution in [0.25, 0.3) is 15.8 Å². The maximum absolute atomic E-state index is 13.0. The molecule has 0 unspecified atom stereocenters. The van der Waals surface area contributed by atoms with Crippen molar-refractivity contribution in [1.82, 2.24) is 9.97 Å². The first-order valence-corrected chi connectivity index (χ1v) is 12.8. The lowest BCUT2D eigenvalue weighted by Crippen LogP contribution is -2.03. The molecule has 1 aromatic heterocycles. The highest BCUT2D eigenvalue weighted by atomic mass is 32.2. The van der Waals surface area contributed by atoms with Crippen molar-refractivity contribution in [2.45, 2.75) is 18.4 Å². The summed E-state index contributed by atoms with van der Waals surface area (Å²) in [6, 6.07) is 31.0. The van der Waals surface area contributed by atoms with Crippen LogP contribution in [0, 0.1) is 6.92 Å². The van der Waals surface area contributed by atoms with Crippen molar-refractivity contribution in [1.29, 1.82) is 0 Å². The maximum Gasteiger partial charge on any atom is 0.202 e. The quantitative estimate of drug-likeness (QED) is 0.259. The zero-order valence-electron chi connectivity index (χ0n) is 19.5. The van der Waals surface area contributed by atoms with E-state index in [0.29, 0.717) is 29.1 Å². The first-order valence-electron chi connectivity index (χ1n) is 11.3. The molecule has 8 heteroatoms. The molecule has 7 nitrogen and oxygen atoms in total. The number of para-hydroxylation sites is 2. The van der Waals surface area contributed by atoms with Gasteiger partial charge in [0.05, 0.1) is 10.4 Å². The number of hydrogen-bond donors (Lipinski definition) is 1. The van der Waals surface area contributed by atoms with Crippen LogP contribution in [0.5, 0.6) is 5.75 Å². The molecule has 36 heavy (non-hydrogen) atoms. The fraction of sp³-hybridized carbons (Fsp3) is 0.0714. The number of sulfonamides is 1. The Balaban J connectivity index is 1.40. The number of ether oxygens (including phenoxy) is 1.